The third-order valence-corrected chi connectivity index (χ3v) is 2.60. The van der Waals surface area contributed by atoms with Crippen molar-refractivity contribution in [1.29, 1.82) is 0 Å². The predicted molar refractivity (Wildman–Crippen MR) is 63.9 cm³/mol. The Balaban J connectivity index is 3.16. The number of carbonyl (C=O) groups is 1. The monoisotopic (exact) mass is 286 g/mol. The molecule has 0 aliphatic heterocycles. The maximum Gasteiger partial charge on any atom is 0.328 e. The summed E-state index contributed by atoms with van der Waals surface area (Å²) in [7, 11) is 3.06. The first-order valence-electron chi connectivity index (χ1n) is 4.41. The average molecular weight is 287 g/mol. The van der Waals surface area contributed by atoms with Crippen LogP contribution in [0.3, 0.4) is 0 Å². The molecule has 1 aromatic carbocycles. The molecule has 0 aliphatic rings. The molecule has 0 unspecified atom stereocenters. The molecular weight excluding hydrogens is 276 g/mol. The molecular formula is C11H11BrO4. The topological polar surface area (TPSA) is 55.8 Å². The molecule has 0 saturated heterocycles. The van der Waals surface area contributed by atoms with Crippen LogP contribution < -0.4 is 9.47 Å². The van der Waals surface area contributed by atoms with Gasteiger partial charge in [-0.25, -0.2) is 4.79 Å². The first-order valence-corrected chi connectivity index (χ1v) is 5.20. The number of rotatable bonds is 4. The summed E-state index contributed by atoms with van der Waals surface area (Å²) in [5.74, 6) is 0.138. The van der Waals surface area contributed by atoms with Gasteiger partial charge >= 0.3 is 5.97 Å². The lowest BCUT2D eigenvalue weighted by atomic mass is 10.2. The Kier molecular flexibility index (Phi) is 4.37. The highest BCUT2D eigenvalue weighted by Crippen LogP contribution is 2.33. The van der Waals surface area contributed by atoms with Gasteiger partial charge in [0.15, 0.2) is 11.5 Å². The zero-order valence-corrected chi connectivity index (χ0v) is 10.4. The van der Waals surface area contributed by atoms with Crippen molar-refractivity contribution < 1.29 is 19.4 Å². The van der Waals surface area contributed by atoms with Crippen molar-refractivity contribution in [2.45, 2.75) is 0 Å². The van der Waals surface area contributed by atoms with E-state index in [9.17, 15) is 4.79 Å². The lowest BCUT2D eigenvalue weighted by Gasteiger charge is -2.09. The summed E-state index contributed by atoms with van der Waals surface area (Å²) in [6, 6.07) is 3.42. The van der Waals surface area contributed by atoms with Gasteiger partial charge in [-0.2, -0.15) is 0 Å². The van der Waals surface area contributed by atoms with Crippen LogP contribution in [-0.2, 0) is 4.79 Å². The molecule has 0 aliphatic carbocycles. The molecule has 0 aromatic heterocycles. The largest absolute Gasteiger partial charge is 0.493 e. The van der Waals surface area contributed by atoms with Crippen LogP contribution in [0.25, 0.3) is 6.08 Å². The Labute approximate surface area is 102 Å². The van der Waals surface area contributed by atoms with E-state index in [2.05, 4.69) is 15.9 Å². The number of carboxylic acid groups (broad SMARTS) is 1. The molecule has 0 heterocycles. The smallest absolute Gasteiger partial charge is 0.328 e. The fourth-order valence-corrected chi connectivity index (χ4v) is 1.61. The fourth-order valence-electron chi connectivity index (χ4n) is 1.16. The van der Waals surface area contributed by atoms with Gasteiger partial charge in [0.25, 0.3) is 0 Å². The highest BCUT2D eigenvalue weighted by Gasteiger charge is 2.07. The minimum absolute atomic E-state index is 0.552. The minimum atomic E-state index is -0.998. The van der Waals surface area contributed by atoms with Gasteiger partial charge in [-0.15, -0.1) is 0 Å². The Hall–Kier alpha value is -1.49. The van der Waals surface area contributed by atoms with Gasteiger partial charge < -0.3 is 14.6 Å². The number of hydrogen-bond donors (Lipinski definition) is 1. The number of benzene rings is 1. The van der Waals surface area contributed by atoms with E-state index < -0.39 is 5.97 Å². The van der Waals surface area contributed by atoms with Crippen molar-refractivity contribution in [1.82, 2.24) is 0 Å². The number of carboxylic acids is 1. The normalized spacial score (nSPS) is 10.4. The number of ether oxygens (including phenoxy) is 2. The number of halogens is 1. The van der Waals surface area contributed by atoms with Crippen molar-refractivity contribution in [2.75, 3.05) is 14.2 Å². The van der Waals surface area contributed by atoms with Crippen LogP contribution >= 0.6 is 15.9 Å². The first kappa shape index (κ1) is 12.6. The maximum absolute atomic E-state index is 10.4. The first-order chi connectivity index (χ1) is 7.58. The van der Waals surface area contributed by atoms with Gasteiger partial charge in [0.1, 0.15) is 0 Å². The molecule has 0 fully saturated rings. The third-order valence-electron chi connectivity index (χ3n) is 1.91. The standard InChI is InChI=1S/C11H11BrO4/c1-15-9-5-7(3-4-11(13)14)8(12)6-10(9)16-2/h3-6H,1-2H3,(H,13,14)/b4-3-. The van der Waals surface area contributed by atoms with Gasteiger partial charge in [-0.1, -0.05) is 15.9 Å². The number of methoxy groups -OCH3 is 2. The molecule has 1 rings (SSSR count). The van der Waals surface area contributed by atoms with Crippen molar-refractivity contribution >= 4 is 28.0 Å². The van der Waals surface area contributed by atoms with E-state index in [-0.39, 0.29) is 0 Å². The Bertz CT molecular complexity index is 426. The number of aliphatic carboxylic acids is 1. The molecule has 0 saturated carbocycles. The maximum atomic E-state index is 10.4. The summed E-state index contributed by atoms with van der Waals surface area (Å²) in [6.07, 6.45) is 2.54. The molecule has 1 N–H and O–H groups in total. The van der Waals surface area contributed by atoms with E-state index in [1.54, 1.807) is 12.1 Å². The van der Waals surface area contributed by atoms with Crippen LogP contribution in [0.1, 0.15) is 5.56 Å². The van der Waals surface area contributed by atoms with Crippen molar-refractivity contribution in [3.63, 3.8) is 0 Å². The Morgan fingerprint density at radius 1 is 1.31 bits per heavy atom. The summed E-state index contributed by atoms with van der Waals surface area (Å²) in [5, 5.41) is 8.53. The summed E-state index contributed by atoms with van der Waals surface area (Å²) < 4.78 is 11.0. The molecule has 86 valence electrons. The van der Waals surface area contributed by atoms with Crippen LogP contribution in [0.2, 0.25) is 0 Å². The van der Waals surface area contributed by atoms with Crippen LogP contribution in [0, 0.1) is 0 Å². The van der Waals surface area contributed by atoms with Crippen LogP contribution in [-0.4, -0.2) is 25.3 Å². The average Bonchev–Trinajstić information content (AvgIpc) is 2.26. The van der Waals surface area contributed by atoms with Gasteiger partial charge in [0.2, 0.25) is 0 Å². The second-order valence-corrected chi connectivity index (χ2v) is 3.75. The molecule has 0 radical (unpaired) electrons. The van der Waals surface area contributed by atoms with E-state index in [1.165, 1.54) is 20.3 Å². The zero-order valence-electron chi connectivity index (χ0n) is 8.86. The lowest BCUT2D eigenvalue weighted by molar-refractivity contribution is -0.131. The van der Waals surface area contributed by atoms with Crippen LogP contribution in [0.15, 0.2) is 22.7 Å². The fraction of sp³-hybridized carbons (Fsp3) is 0.182. The molecule has 4 nitrogen and oxygen atoms in total. The third kappa shape index (κ3) is 3.00. The summed E-state index contributed by atoms with van der Waals surface area (Å²) in [6.45, 7) is 0. The highest BCUT2D eigenvalue weighted by molar-refractivity contribution is 9.10. The molecule has 5 heteroatoms. The predicted octanol–water partition coefficient (Wildman–Crippen LogP) is 2.56. The Morgan fingerprint density at radius 3 is 2.38 bits per heavy atom. The van der Waals surface area contributed by atoms with E-state index in [1.807, 2.05) is 0 Å². The van der Waals surface area contributed by atoms with Gasteiger partial charge in [-0.3, -0.25) is 0 Å². The quantitative estimate of drug-likeness (QED) is 0.865. The summed E-state index contributed by atoms with van der Waals surface area (Å²) in [5.41, 5.74) is 0.708. The zero-order chi connectivity index (χ0) is 12.1. The highest BCUT2D eigenvalue weighted by atomic mass is 79.9. The number of hydrogen-bond acceptors (Lipinski definition) is 3. The minimum Gasteiger partial charge on any atom is -0.493 e. The van der Waals surface area contributed by atoms with Crippen LogP contribution in [0.5, 0.6) is 11.5 Å². The molecule has 0 atom stereocenters. The van der Waals surface area contributed by atoms with Gasteiger partial charge in [0.05, 0.1) is 14.2 Å². The molecule has 0 bridgehead atoms. The molecule has 16 heavy (non-hydrogen) atoms. The van der Waals surface area contributed by atoms with Gasteiger partial charge in [-0.05, 0) is 23.8 Å². The summed E-state index contributed by atoms with van der Waals surface area (Å²) >= 11 is 3.32. The van der Waals surface area contributed by atoms with E-state index >= 15 is 0 Å². The van der Waals surface area contributed by atoms with Crippen LogP contribution in [0.4, 0.5) is 0 Å². The molecule has 0 spiro atoms. The van der Waals surface area contributed by atoms with E-state index in [4.69, 9.17) is 14.6 Å². The van der Waals surface area contributed by atoms with Gasteiger partial charge in [0, 0.05) is 10.5 Å². The second kappa shape index (κ2) is 5.55. The summed E-state index contributed by atoms with van der Waals surface area (Å²) in [4.78, 5) is 10.4. The molecule has 1 aromatic rings. The van der Waals surface area contributed by atoms with E-state index in [0.717, 1.165) is 10.5 Å². The van der Waals surface area contributed by atoms with Crippen molar-refractivity contribution in [3.05, 3.63) is 28.2 Å². The van der Waals surface area contributed by atoms with E-state index in [0.29, 0.717) is 17.1 Å². The van der Waals surface area contributed by atoms with Crippen molar-refractivity contribution in [2.24, 2.45) is 0 Å². The second-order valence-electron chi connectivity index (χ2n) is 2.90. The Morgan fingerprint density at radius 2 is 1.88 bits per heavy atom. The lowest BCUT2D eigenvalue weighted by Crippen LogP contribution is -1.92. The SMILES string of the molecule is COc1cc(Br)c(/C=C\C(=O)O)cc1OC. The molecule has 0 amide bonds. The van der Waals surface area contributed by atoms with Crippen molar-refractivity contribution in [3.8, 4) is 11.5 Å².